The van der Waals surface area contributed by atoms with Crippen LogP contribution in [0.4, 0.5) is 5.69 Å². The van der Waals surface area contributed by atoms with Gasteiger partial charge in [0.05, 0.1) is 0 Å². The molecule has 1 heteroatoms. The lowest BCUT2D eigenvalue weighted by atomic mass is 9.84. The molecular weight excluding hydrogens is 230 g/mol. The average Bonchev–Trinajstić information content (AvgIpc) is 3.03. The maximum atomic E-state index is 2.61. The van der Waals surface area contributed by atoms with Gasteiger partial charge in [-0.25, -0.2) is 0 Å². The summed E-state index contributed by atoms with van der Waals surface area (Å²) in [6.45, 7) is 15.2. The summed E-state index contributed by atoms with van der Waals surface area (Å²) >= 11 is 0. The minimum atomic E-state index is 0.228. The molecule has 0 bridgehead atoms. The molecule has 0 saturated heterocycles. The number of fused-ring (bicyclic) bond motifs is 3. The summed E-state index contributed by atoms with van der Waals surface area (Å²) in [5.74, 6) is 1.75. The smallest absolute Gasteiger partial charge is 0.0406 e. The lowest BCUT2D eigenvalue weighted by molar-refractivity contribution is 0.477. The molecule has 0 aromatic heterocycles. The molecule has 0 unspecified atom stereocenters. The van der Waals surface area contributed by atoms with Crippen molar-refractivity contribution in [2.24, 2.45) is 5.92 Å². The van der Waals surface area contributed by atoms with Crippen molar-refractivity contribution in [3.63, 3.8) is 0 Å². The number of benzene rings is 1. The highest BCUT2D eigenvalue weighted by atomic mass is 15.2. The first-order valence-corrected chi connectivity index (χ1v) is 7.60. The lowest BCUT2D eigenvalue weighted by Crippen LogP contribution is -2.44. The van der Waals surface area contributed by atoms with Gasteiger partial charge in [0, 0.05) is 17.8 Å². The lowest BCUT2D eigenvalue weighted by Gasteiger charge is -2.42. The minimum absolute atomic E-state index is 0.228. The van der Waals surface area contributed by atoms with E-state index in [1.54, 1.807) is 5.56 Å². The van der Waals surface area contributed by atoms with Gasteiger partial charge >= 0.3 is 0 Å². The minimum Gasteiger partial charge on any atom is -0.366 e. The van der Waals surface area contributed by atoms with Crippen LogP contribution in [0, 0.1) is 5.92 Å². The van der Waals surface area contributed by atoms with E-state index in [9.17, 15) is 0 Å². The third-order valence-corrected chi connectivity index (χ3v) is 4.73. The molecular formula is C18H27N. The van der Waals surface area contributed by atoms with Crippen molar-refractivity contribution in [2.75, 3.05) is 11.4 Å². The van der Waals surface area contributed by atoms with E-state index in [4.69, 9.17) is 0 Å². The Labute approximate surface area is 118 Å². The monoisotopic (exact) mass is 257 g/mol. The van der Waals surface area contributed by atoms with Crippen molar-refractivity contribution in [1.82, 2.24) is 0 Å². The Morgan fingerprint density at radius 1 is 1.05 bits per heavy atom. The highest BCUT2D eigenvalue weighted by Gasteiger charge is 2.47. The molecule has 2 atom stereocenters. The van der Waals surface area contributed by atoms with Gasteiger partial charge in [0.2, 0.25) is 0 Å². The quantitative estimate of drug-likeness (QED) is 0.651. The molecule has 3 rings (SSSR count). The van der Waals surface area contributed by atoms with Crippen LogP contribution in [0.1, 0.15) is 65.0 Å². The molecule has 0 radical (unpaired) electrons. The maximum absolute atomic E-state index is 2.61. The van der Waals surface area contributed by atoms with E-state index >= 15 is 0 Å². The summed E-state index contributed by atoms with van der Waals surface area (Å²) in [4.78, 5) is 2.61. The van der Waals surface area contributed by atoms with Crippen molar-refractivity contribution in [1.29, 1.82) is 0 Å². The maximum Gasteiger partial charge on any atom is 0.0406 e. The number of nitrogens with zero attached hydrogens (tertiary/aromatic N) is 1. The van der Waals surface area contributed by atoms with Gasteiger partial charge in [-0.1, -0.05) is 32.9 Å². The summed E-state index contributed by atoms with van der Waals surface area (Å²) in [6.07, 6.45) is 1.40. The van der Waals surface area contributed by atoms with Crippen LogP contribution in [-0.4, -0.2) is 12.1 Å². The topological polar surface area (TPSA) is 3.24 Å². The molecule has 0 N–H and O–H groups in total. The summed E-state index contributed by atoms with van der Waals surface area (Å²) < 4.78 is 0. The van der Waals surface area contributed by atoms with Crippen molar-refractivity contribution in [3.05, 3.63) is 29.3 Å². The average molecular weight is 257 g/mol. The molecule has 19 heavy (non-hydrogen) atoms. The molecule has 0 amide bonds. The zero-order valence-corrected chi connectivity index (χ0v) is 13.2. The molecule has 1 aliphatic carbocycles. The third kappa shape index (κ3) is 2.17. The van der Waals surface area contributed by atoms with Gasteiger partial charge in [-0.3, -0.25) is 0 Å². The Hall–Kier alpha value is -0.980. The second-order valence-corrected chi connectivity index (χ2v) is 8.41. The molecule has 1 aromatic rings. The predicted octanol–water partition coefficient (Wildman–Crippen LogP) is 4.71. The SMILES string of the molecule is CC(C)(C)c1ccc2c(c1)[C@@H]1C[C@@H]1CN2C(C)(C)C. The highest BCUT2D eigenvalue weighted by Crippen LogP contribution is 2.56. The number of anilines is 1. The van der Waals surface area contributed by atoms with Gasteiger partial charge in [-0.15, -0.1) is 0 Å². The molecule has 1 nitrogen and oxygen atoms in total. The van der Waals surface area contributed by atoms with E-state index in [-0.39, 0.29) is 11.0 Å². The Morgan fingerprint density at radius 2 is 1.74 bits per heavy atom. The number of hydrogen-bond donors (Lipinski definition) is 0. The molecule has 104 valence electrons. The van der Waals surface area contributed by atoms with Gasteiger partial charge in [0.1, 0.15) is 0 Å². The Morgan fingerprint density at radius 3 is 2.32 bits per heavy atom. The van der Waals surface area contributed by atoms with Gasteiger partial charge < -0.3 is 4.90 Å². The van der Waals surface area contributed by atoms with Gasteiger partial charge in [-0.05, 0) is 61.6 Å². The molecule has 1 aliphatic heterocycles. The Bertz CT molecular complexity index is 501. The van der Waals surface area contributed by atoms with Crippen LogP contribution in [0.2, 0.25) is 0 Å². The van der Waals surface area contributed by atoms with Crippen LogP contribution in [0.15, 0.2) is 18.2 Å². The van der Waals surface area contributed by atoms with E-state index in [2.05, 4.69) is 64.6 Å². The standard InChI is InChI=1S/C18H27N/c1-17(2,3)13-7-8-16-15(10-13)14-9-12(14)11-19(16)18(4,5)6/h7-8,10,12,14H,9,11H2,1-6H3/t12-,14-/m1/s1. The predicted molar refractivity (Wildman–Crippen MR) is 83.1 cm³/mol. The molecule has 0 spiro atoms. The van der Waals surface area contributed by atoms with Gasteiger partial charge in [0.15, 0.2) is 0 Å². The van der Waals surface area contributed by atoms with E-state index < -0.39 is 0 Å². The summed E-state index contributed by atoms with van der Waals surface area (Å²) in [6, 6.07) is 7.19. The van der Waals surface area contributed by atoms with Crippen LogP contribution in [-0.2, 0) is 5.41 Å². The molecule has 1 saturated carbocycles. The van der Waals surface area contributed by atoms with Crippen molar-refractivity contribution < 1.29 is 0 Å². The van der Waals surface area contributed by atoms with E-state index in [1.165, 1.54) is 24.2 Å². The molecule has 2 aliphatic rings. The second-order valence-electron chi connectivity index (χ2n) is 8.41. The van der Waals surface area contributed by atoms with E-state index in [0.29, 0.717) is 0 Å². The fraction of sp³-hybridized carbons (Fsp3) is 0.667. The van der Waals surface area contributed by atoms with Crippen LogP contribution in [0.5, 0.6) is 0 Å². The second kappa shape index (κ2) is 3.77. The number of hydrogen-bond acceptors (Lipinski definition) is 1. The van der Waals surface area contributed by atoms with Crippen molar-refractivity contribution in [2.45, 2.75) is 64.8 Å². The summed E-state index contributed by atoms with van der Waals surface area (Å²) in [5.41, 5.74) is 5.06. The van der Waals surface area contributed by atoms with Crippen LogP contribution < -0.4 is 4.90 Å². The Balaban J connectivity index is 2.07. The highest BCUT2D eigenvalue weighted by molar-refractivity contribution is 5.63. The fourth-order valence-electron chi connectivity index (χ4n) is 3.36. The van der Waals surface area contributed by atoms with Crippen LogP contribution in [0.25, 0.3) is 0 Å². The zero-order valence-electron chi connectivity index (χ0n) is 13.2. The first-order valence-electron chi connectivity index (χ1n) is 7.60. The van der Waals surface area contributed by atoms with Crippen LogP contribution in [0.3, 0.4) is 0 Å². The Kier molecular flexibility index (Phi) is 2.59. The third-order valence-electron chi connectivity index (χ3n) is 4.73. The molecule has 1 aromatic carbocycles. The van der Waals surface area contributed by atoms with Crippen molar-refractivity contribution >= 4 is 5.69 Å². The first kappa shape index (κ1) is 13.0. The first-order chi connectivity index (χ1) is 8.68. The van der Waals surface area contributed by atoms with E-state index in [1.807, 2.05) is 0 Å². The normalized spacial score (nSPS) is 25.9. The van der Waals surface area contributed by atoms with Gasteiger partial charge in [-0.2, -0.15) is 0 Å². The van der Waals surface area contributed by atoms with E-state index in [0.717, 1.165) is 11.8 Å². The largest absolute Gasteiger partial charge is 0.366 e. The molecule has 1 heterocycles. The number of rotatable bonds is 0. The zero-order chi connectivity index (χ0) is 14.0. The van der Waals surface area contributed by atoms with Crippen molar-refractivity contribution in [3.8, 4) is 0 Å². The van der Waals surface area contributed by atoms with Gasteiger partial charge in [0.25, 0.3) is 0 Å². The molecule has 1 fully saturated rings. The van der Waals surface area contributed by atoms with Crippen LogP contribution >= 0.6 is 0 Å². The fourth-order valence-corrected chi connectivity index (χ4v) is 3.36. The summed E-state index contributed by atoms with van der Waals surface area (Å²) in [5, 5.41) is 0. The summed E-state index contributed by atoms with van der Waals surface area (Å²) in [7, 11) is 0.